The molecule has 0 heterocycles. The third kappa shape index (κ3) is 11.7. The van der Waals surface area contributed by atoms with Gasteiger partial charge in [0.25, 0.3) is 0 Å². The predicted molar refractivity (Wildman–Crippen MR) is 129 cm³/mol. The van der Waals surface area contributed by atoms with Crippen LogP contribution in [0.25, 0.3) is 0 Å². The number of carbonyl (C=O) groups excluding carboxylic acids is 2. The second-order valence-corrected chi connectivity index (χ2v) is 10.4. The van der Waals surface area contributed by atoms with Crippen molar-refractivity contribution in [2.45, 2.75) is 104 Å². The zero-order valence-electron chi connectivity index (χ0n) is 21.5. The number of nitrogens with one attached hydrogen (secondary N) is 1. The molecular formula is C25H44N2O8. The Kier molecular flexibility index (Phi) is 13.1. The van der Waals surface area contributed by atoms with Gasteiger partial charge < -0.3 is 30.7 Å². The number of ether oxygens (including phenoxy) is 2. The lowest BCUT2D eigenvalue weighted by Crippen LogP contribution is -2.41. The van der Waals surface area contributed by atoms with Gasteiger partial charge in [0, 0.05) is 13.5 Å². The van der Waals surface area contributed by atoms with Gasteiger partial charge in [-0.1, -0.05) is 52.4 Å². The van der Waals surface area contributed by atoms with E-state index in [1.807, 2.05) is 0 Å². The van der Waals surface area contributed by atoms with E-state index in [4.69, 9.17) is 25.4 Å². The summed E-state index contributed by atoms with van der Waals surface area (Å²) in [6, 6.07) is 0. The van der Waals surface area contributed by atoms with Gasteiger partial charge in [-0.05, 0) is 43.1 Å². The number of aliphatic carboxylic acids is 2. The van der Waals surface area contributed by atoms with Crippen LogP contribution in [0.15, 0.2) is 0 Å². The molecule has 2 rings (SSSR count). The van der Waals surface area contributed by atoms with E-state index in [0.717, 1.165) is 57.8 Å². The Balaban J connectivity index is 0.000000427. The summed E-state index contributed by atoms with van der Waals surface area (Å²) in [4.78, 5) is 44.9. The molecule has 0 aromatic rings. The number of nitrogens with two attached hydrogens (primary N) is 1. The van der Waals surface area contributed by atoms with E-state index < -0.39 is 35.7 Å². The molecule has 35 heavy (non-hydrogen) atoms. The number of alkyl carbamates (subject to hydrolysis) is 1. The second-order valence-electron chi connectivity index (χ2n) is 10.4. The minimum Gasteiger partial charge on any atom is -0.481 e. The van der Waals surface area contributed by atoms with Crippen LogP contribution in [0.4, 0.5) is 4.79 Å². The number of rotatable bonds is 10. The van der Waals surface area contributed by atoms with E-state index >= 15 is 0 Å². The Labute approximate surface area is 208 Å². The second kappa shape index (κ2) is 14.9. The van der Waals surface area contributed by atoms with Crippen LogP contribution in [0, 0.1) is 16.7 Å². The smallest absolute Gasteiger partial charge is 0.410 e. The Morgan fingerprint density at radius 3 is 1.69 bits per heavy atom. The van der Waals surface area contributed by atoms with E-state index in [-0.39, 0.29) is 30.7 Å². The van der Waals surface area contributed by atoms with E-state index in [9.17, 15) is 19.2 Å². The molecule has 0 spiro atoms. The van der Waals surface area contributed by atoms with Gasteiger partial charge in [-0.3, -0.25) is 14.4 Å². The fourth-order valence-electron chi connectivity index (χ4n) is 4.89. The molecule has 0 radical (unpaired) electrons. The van der Waals surface area contributed by atoms with Crippen molar-refractivity contribution in [3.05, 3.63) is 0 Å². The van der Waals surface area contributed by atoms with E-state index in [0.29, 0.717) is 6.54 Å². The molecular weight excluding hydrogens is 456 g/mol. The molecule has 0 saturated heterocycles. The minimum atomic E-state index is -0.980. The van der Waals surface area contributed by atoms with Gasteiger partial charge in [-0.15, -0.1) is 0 Å². The van der Waals surface area contributed by atoms with Gasteiger partial charge in [0.1, 0.15) is 0 Å². The molecule has 2 aliphatic rings. The average Bonchev–Trinajstić information content (AvgIpc) is 2.78. The highest BCUT2D eigenvalue weighted by Crippen LogP contribution is 2.39. The SMILES string of the molecule is CC(OC(=O)NCC1(CC(=O)O)CCCCC1)OC(=O)C(C)C.NCC1(CC(=O)O)CCCCC1. The lowest BCUT2D eigenvalue weighted by atomic mass is 9.72. The van der Waals surface area contributed by atoms with Gasteiger partial charge in [0.2, 0.25) is 6.29 Å². The predicted octanol–water partition coefficient (Wildman–Crippen LogP) is 4.05. The molecule has 2 aliphatic carbocycles. The normalized spacial score (nSPS) is 19.5. The van der Waals surface area contributed by atoms with Crippen LogP contribution >= 0.6 is 0 Å². The van der Waals surface area contributed by atoms with Crippen LogP contribution in [-0.4, -0.2) is 53.6 Å². The first-order valence-corrected chi connectivity index (χ1v) is 12.7. The van der Waals surface area contributed by atoms with Crippen molar-refractivity contribution in [3.8, 4) is 0 Å². The van der Waals surface area contributed by atoms with Crippen LogP contribution in [-0.2, 0) is 23.9 Å². The van der Waals surface area contributed by atoms with Crippen molar-refractivity contribution in [1.82, 2.24) is 5.32 Å². The molecule has 10 nitrogen and oxygen atoms in total. The molecule has 2 saturated carbocycles. The van der Waals surface area contributed by atoms with E-state index in [1.54, 1.807) is 13.8 Å². The Hall–Kier alpha value is -2.36. The van der Waals surface area contributed by atoms with Gasteiger partial charge in [-0.2, -0.15) is 0 Å². The van der Waals surface area contributed by atoms with Gasteiger partial charge in [0.15, 0.2) is 0 Å². The van der Waals surface area contributed by atoms with Crippen LogP contribution < -0.4 is 11.1 Å². The molecule has 202 valence electrons. The fourth-order valence-corrected chi connectivity index (χ4v) is 4.89. The number of carbonyl (C=O) groups is 4. The molecule has 0 aliphatic heterocycles. The van der Waals surface area contributed by atoms with Crippen molar-refractivity contribution in [2.75, 3.05) is 13.1 Å². The number of hydrogen-bond acceptors (Lipinski definition) is 7. The van der Waals surface area contributed by atoms with Crippen LogP contribution in [0.3, 0.4) is 0 Å². The van der Waals surface area contributed by atoms with Crippen LogP contribution in [0.5, 0.6) is 0 Å². The van der Waals surface area contributed by atoms with Gasteiger partial charge in [-0.25, -0.2) is 4.79 Å². The number of hydrogen-bond donors (Lipinski definition) is 4. The zero-order chi connectivity index (χ0) is 26.5. The summed E-state index contributed by atoms with van der Waals surface area (Å²) in [5.41, 5.74) is 5.13. The van der Waals surface area contributed by atoms with Gasteiger partial charge in [0.05, 0.1) is 18.8 Å². The highest BCUT2D eigenvalue weighted by atomic mass is 16.7. The maximum absolute atomic E-state index is 11.8. The quantitative estimate of drug-likeness (QED) is 0.256. The molecule has 0 bridgehead atoms. The number of esters is 1. The van der Waals surface area contributed by atoms with E-state index in [2.05, 4.69) is 5.32 Å². The van der Waals surface area contributed by atoms with Crippen molar-refractivity contribution >= 4 is 24.0 Å². The number of amides is 1. The van der Waals surface area contributed by atoms with Gasteiger partial charge >= 0.3 is 24.0 Å². The fraction of sp³-hybridized carbons (Fsp3) is 0.840. The molecule has 0 aromatic heterocycles. The summed E-state index contributed by atoms with van der Waals surface area (Å²) < 4.78 is 9.92. The van der Waals surface area contributed by atoms with E-state index in [1.165, 1.54) is 13.3 Å². The summed E-state index contributed by atoms with van der Waals surface area (Å²) >= 11 is 0. The first-order chi connectivity index (χ1) is 16.4. The maximum atomic E-state index is 11.8. The first kappa shape index (κ1) is 30.7. The zero-order valence-corrected chi connectivity index (χ0v) is 21.5. The Bertz CT molecular complexity index is 698. The standard InChI is InChI=1S/C16H27NO6.C9H17NO2/c1-11(2)14(20)22-12(3)23-15(21)17-10-16(9-13(18)19)7-5-4-6-8-16;10-7-9(6-8(11)12)4-2-1-3-5-9/h11-12H,4-10H2,1-3H3,(H,17,21)(H,18,19);1-7,10H2,(H,11,12). The first-order valence-electron chi connectivity index (χ1n) is 12.7. The number of carboxylic acid groups (broad SMARTS) is 2. The largest absolute Gasteiger partial charge is 0.481 e. The lowest BCUT2D eigenvalue weighted by molar-refractivity contribution is -0.168. The highest BCUT2D eigenvalue weighted by molar-refractivity contribution is 5.72. The topological polar surface area (TPSA) is 165 Å². The van der Waals surface area contributed by atoms with Crippen molar-refractivity contribution in [3.63, 3.8) is 0 Å². The highest BCUT2D eigenvalue weighted by Gasteiger charge is 2.35. The maximum Gasteiger partial charge on any atom is 0.410 e. The van der Waals surface area contributed by atoms with Crippen LogP contribution in [0.2, 0.25) is 0 Å². The Morgan fingerprint density at radius 2 is 1.26 bits per heavy atom. The molecule has 1 atom stereocenters. The van der Waals surface area contributed by atoms with Crippen molar-refractivity contribution in [1.29, 1.82) is 0 Å². The van der Waals surface area contributed by atoms with Crippen molar-refractivity contribution in [2.24, 2.45) is 22.5 Å². The molecule has 1 unspecified atom stereocenters. The lowest BCUT2D eigenvalue weighted by Gasteiger charge is -2.36. The molecule has 10 heteroatoms. The van der Waals surface area contributed by atoms with Crippen LogP contribution in [0.1, 0.15) is 97.8 Å². The minimum absolute atomic E-state index is 0.0329. The Morgan fingerprint density at radius 1 is 0.800 bits per heavy atom. The molecule has 5 N–H and O–H groups in total. The summed E-state index contributed by atoms with van der Waals surface area (Å²) in [6.45, 7) is 5.62. The third-order valence-corrected chi connectivity index (χ3v) is 6.95. The summed E-state index contributed by atoms with van der Waals surface area (Å²) in [6.07, 6.45) is 8.69. The molecule has 2 fully saturated rings. The third-order valence-electron chi connectivity index (χ3n) is 6.95. The molecule has 1 amide bonds. The summed E-state index contributed by atoms with van der Waals surface area (Å²) in [5.74, 6) is -2.31. The van der Waals surface area contributed by atoms with Crippen molar-refractivity contribution < 1.29 is 38.9 Å². The number of carboxylic acids is 2. The molecule has 0 aromatic carbocycles. The summed E-state index contributed by atoms with van der Waals surface area (Å²) in [7, 11) is 0. The summed E-state index contributed by atoms with van der Waals surface area (Å²) in [5, 5.41) is 20.4. The average molecular weight is 501 g/mol. The monoisotopic (exact) mass is 500 g/mol.